The van der Waals surface area contributed by atoms with Gasteiger partial charge in [-0.25, -0.2) is 9.98 Å². The first-order chi connectivity index (χ1) is 13.2. The Kier molecular flexibility index (Phi) is 9.24. The number of halogens is 1. The highest BCUT2D eigenvalue weighted by atomic mass is 127. The zero-order chi connectivity index (χ0) is 19.1. The lowest BCUT2D eigenvalue weighted by atomic mass is 10.1. The van der Waals surface area contributed by atoms with E-state index < -0.39 is 0 Å². The molecule has 0 amide bonds. The maximum absolute atomic E-state index is 5.50. The molecule has 6 nitrogen and oxygen atoms in total. The molecule has 1 aliphatic heterocycles. The molecule has 1 aromatic heterocycles. The Bertz CT molecular complexity index is 755. The molecule has 1 unspecified atom stereocenters. The predicted molar refractivity (Wildman–Crippen MR) is 124 cm³/mol. The van der Waals surface area contributed by atoms with Gasteiger partial charge in [0.05, 0.1) is 13.2 Å². The Morgan fingerprint density at radius 2 is 2.21 bits per heavy atom. The van der Waals surface area contributed by atoms with Gasteiger partial charge in [0, 0.05) is 51.6 Å². The minimum Gasteiger partial charge on any atom is -0.381 e. The molecule has 1 saturated heterocycles. The van der Waals surface area contributed by atoms with Gasteiger partial charge >= 0.3 is 0 Å². The Morgan fingerprint density at radius 3 is 2.89 bits per heavy atom. The van der Waals surface area contributed by atoms with Crippen molar-refractivity contribution in [2.24, 2.45) is 10.9 Å². The first-order valence-corrected chi connectivity index (χ1v) is 9.78. The van der Waals surface area contributed by atoms with Crippen LogP contribution in [-0.2, 0) is 17.8 Å². The topological polar surface area (TPSA) is 54.7 Å². The summed E-state index contributed by atoms with van der Waals surface area (Å²) in [6.45, 7) is 9.23. The molecule has 0 spiro atoms. The van der Waals surface area contributed by atoms with E-state index in [0.29, 0.717) is 12.5 Å². The third-order valence-electron chi connectivity index (χ3n) is 4.93. The van der Waals surface area contributed by atoms with Crippen molar-refractivity contribution in [2.75, 3.05) is 33.4 Å². The Morgan fingerprint density at radius 1 is 1.39 bits per heavy atom. The number of aryl methyl sites for hydroxylation is 1. The van der Waals surface area contributed by atoms with Gasteiger partial charge < -0.3 is 19.5 Å². The fraction of sp³-hybridized carbons (Fsp3) is 0.524. The summed E-state index contributed by atoms with van der Waals surface area (Å²) in [6.07, 6.45) is 5.00. The van der Waals surface area contributed by atoms with Gasteiger partial charge in [-0.2, -0.15) is 0 Å². The van der Waals surface area contributed by atoms with Gasteiger partial charge in [0.15, 0.2) is 5.96 Å². The fourth-order valence-corrected chi connectivity index (χ4v) is 3.43. The van der Waals surface area contributed by atoms with E-state index in [9.17, 15) is 0 Å². The number of nitrogens with zero attached hydrogens (tertiary/aromatic N) is 4. The van der Waals surface area contributed by atoms with E-state index in [0.717, 1.165) is 51.1 Å². The zero-order valence-corrected chi connectivity index (χ0v) is 19.4. The molecule has 1 aliphatic rings. The lowest BCUT2D eigenvalue weighted by molar-refractivity contribution is 0.181. The maximum Gasteiger partial charge on any atom is 0.193 e. The zero-order valence-electron chi connectivity index (χ0n) is 17.1. The summed E-state index contributed by atoms with van der Waals surface area (Å²) in [5, 5.41) is 3.41. The molecule has 0 radical (unpaired) electrons. The van der Waals surface area contributed by atoms with E-state index in [1.807, 2.05) is 19.3 Å². The van der Waals surface area contributed by atoms with Crippen molar-refractivity contribution in [1.29, 1.82) is 0 Å². The second-order valence-electron chi connectivity index (χ2n) is 7.20. The summed E-state index contributed by atoms with van der Waals surface area (Å²) in [7, 11) is 2.11. The SMILES string of the molecule is CCNC(=NCc1cccc(Cn2ccnc2C)c1)N(C)CC1CCOC1.I. The molecule has 1 fully saturated rings. The fourth-order valence-electron chi connectivity index (χ4n) is 3.43. The van der Waals surface area contributed by atoms with Crippen LogP contribution >= 0.6 is 24.0 Å². The number of guanidine groups is 1. The molecule has 7 heteroatoms. The number of benzene rings is 1. The van der Waals surface area contributed by atoms with Crippen molar-refractivity contribution in [3.05, 3.63) is 53.6 Å². The van der Waals surface area contributed by atoms with E-state index in [-0.39, 0.29) is 24.0 Å². The summed E-state index contributed by atoms with van der Waals surface area (Å²) in [5.41, 5.74) is 2.49. The Hall–Kier alpha value is -1.61. The average molecular weight is 497 g/mol. The minimum atomic E-state index is 0. The smallest absolute Gasteiger partial charge is 0.193 e. The van der Waals surface area contributed by atoms with Crippen LogP contribution in [-0.4, -0.2) is 53.8 Å². The van der Waals surface area contributed by atoms with E-state index in [1.54, 1.807) is 0 Å². The van der Waals surface area contributed by atoms with Crippen LogP contribution < -0.4 is 5.32 Å². The lowest BCUT2D eigenvalue weighted by Crippen LogP contribution is -2.41. The van der Waals surface area contributed by atoms with Crippen molar-refractivity contribution >= 4 is 29.9 Å². The largest absolute Gasteiger partial charge is 0.381 e. The number of aromatic nitrogens is 2. The van der Waals surface area contributed by atoms with Crippen molar-refractivity contribution in [3.8, 4) is 0 Å². The van der Waals surface area contributed by atoms with Crippen LogP contribution in [0.5, 0.6) is 0 Å². The molecule has 154 valence electrons. The standard InChI is InChI=1S/C21H31N5O.HI/c1-4-22-21(25(3)14-20-8-11-27-16-20)24-13-18-6-5-7-19(12-18)15-26-10-9-23-17(26)2;/h5-7,9-10,12,20H,4,8,11,13-16H2,1-3H3,(H,22,24);1H. The van der Waals surface area contributed by atoms with Crippen LogP contribution in [0, 0.1) is 12.8 Å². The maximum atomic E-state index is 5.50. The number of ether oxygens (including phenoxy) is 1. The van der Waals surface area contributed by atoms with Gasteiger partial charge in [-0.1, -0.05) is 24.3 Å². The van der Waals surface area contributed by atoms with Gasteiger partial charge in [0.25, 0.3) is 0 Å². The molecular formula is C21H32IN5O. The lowest BCUT2D eigenvalue weighted by Gasteiger charge is -2.24. The number of aliphatic imine (C=N–C) groups is 1. The minimum absolute atomic E-state index is 0. The molecule has 2 aromatic rings. The number of hydrogen-bond acceptors (Lipinski definition) is 3. The van der Waals surface area contributed by atoms with Crippen LogP contribution in [0.1, 0.15) is 30.3 Å². The highest BCUT2D eigenvalue weighted by Gasteiger charge is 2.19. The van der Waals surface area contributed by atoms with E-state index in [2.05, 4.69) is 58.0 Å². The summed E-state index contributed by atoms with van der Waals surface area (Å²) < 4.78 is 7.65. The summed E-state index contributed by atoms with van der Waals surface area (Å²) in [6, 6.07) is 8.64. The van der Waals surface area contributed by atoms with Crippen LogP contribution in [0.4, 0.5) is 0 Å². The normalized spacial score (nSPS) is 16.7. The van der Waals surface area contributed by atoms with Crippen molar-refractivity contribution in [2.45, 2.75) is 33.4 Å². The van der Waals surface area contributed by atoms with Gasteiger partial charge in [-0.15, -0.1) is 24.0 Å². The van der Waals surface area contributed by atoms with Crippen LogP contribution in [0.2, 0.25) is 0 Å². The number of rotatable bonds is 7. The molecule has 2 heterocycles. The summed E-state index contributed by atoms with van der Waals surface area (Å²) in [4.78, 5) is 11.4. The van der Waals surface area contributed by atoms with E-state index >= 15 is 0 Å². The van der Waals surface area contributed by atoms with Gasteiger partial charge in [0.2, 0.25) is 0 Å². The van der Waals surface area contributed by atoms with Crippen molar-refractivity contribution < 1.29 is 4.74 Å². The second-order valence-corrected chi connectivity index (χ2v) is 7.20. The average Bonchev–Trinajstić information content (AvgIpc) is 3.31. The van der Waals surface area contributed by atoms with Crippen LogP contribution in [0.25, 0.3) is 0 Å². The third kappa shape index (κ3) is 6.48. The van der Waals surface area contributed by atoms with Gasteiger partial charge in [0.1, 0.15) is 5.82 Å². The highest BCUT2D eigenvalue weighted by Crippen LogP contribution is 2.14. The molecule has 0 saturated carbocycles. The Balaban J connectivity index is 0.00000280. The van der Waals surface area contributed by atoms with Crippen LogP contribution in [0.3, 0.4) is 0 Å². The molecule has 0 bridgehead atoms. The first-order valence-electron chi connectivity index (χ1n) is 9.78. The highest BCUT2D eigenvalue weighted by molar-refractivity contribution is 14.0. The molecule has 28 heavy (non-hydrogen) atoms. The number of hydrogen-bond donors (Lipinski definition) is 1. The van der Waals surface area contributed by atoms with Crippen molar-refractivity contribution in [3.63, 3.8) is 0 Å². The number of imidazole rings is 1. The molecule has 0 aliphatic carbocycles. The molecule has 1 N–H and O–H groups in total. The second kappa shape index (κ2) is 11.4. The third-order valence-corrected chi connectivity index (χ3v) is 4.93. The number of nitrogens with one attached hydrogen (secondary N) is 1. The quantitative estimate of drug-likeness (QED) is 0.363. The molecule has 1 aromatic carbocycles. The molecule has 1 atom stereocenters. The summed E-state index contributed by atoms with van der Waals surface area (Å²) >= 11 is 0. The van der Waals surface area contributed by atoms with E-state index in [4.69, 9.17) is 9.73 Å². The predicted octanol–water partition coefficient (Wildman–Crippen LogP) is 3.29. The van der Waals surface area contributed by atoms with Gasteiger partial charge in [-0.05, 0) is 31.4 Å². The summed E-state index contributed by atoms with van der Waals surface area (Å²) in [5.74, 6) is 2.59. The molecule has 3 rings (SSSR count). The monoisotopic (exact) mass is 497 g/mol. The van der Waals surface area contributed by atoms with E-state index in [1.165, 1.54) is 11.1 Å². The first kappa shape index (κ1) is 22.7. The van der Waals surface area contributed by atoms with Gasteiger partial charge in [-0.3, -0.25) is 0 Å². The molecular weight excluding hydrogens is 465 g/mol. The van der Waals surface area contributed by atoms with Crippen molar-refractivity contribution in [1.82, 2.24) is 19.8 Å². The Labute approximate surface area is 185 Å². The van der Waals surface area contributed by atoms with Crippen LogP contribution in [0.15, 0.2) is 41.7 Å².